The summed E-state index contributed by atoms with van der Waals surface area (Å²) in [6, 6.07) is 0. The molecule has 0 heterocycles. The van der Waals surface area contributed by atoms with Crippen LogP contribution in [0.5, 0.6) is 0 Å². The Morgan fingerprint density at radius 2 is 0.559 bits per heavy atom. The van der Waals surface area contributed by atoms with Gasteiger partial charge in [-0.2, -0.15) is 0 Å². The van der Waals surface area contributed by atoms with Crippen LogP contribution in [0.1, 0.15) is 278 Å². The molecule has 0 atom stereocenters. The van der Waals surface area contributed by atoms with Crippen molar-refractivity contribution in [2.24, 2.45) is 0 Å². The first-order valence-corrected chi connectivity index (χ1v) is 25.8. The quantitative estimate of drug-likeness (QED) is 0.0263. The molecule has 0 amide bonds. The lowest BCUT2D eigenvalue weighted by Crippen LogP contribution is -2.30. The van der Waals surface area contributed by atoms with Crippen molar-refractivity contribution in [3.05, 3.63) is 24.3 Å². The van der Waals surface area contributed by atoms with E-state index in [4.69, 9.17) is 14.2 Å². The third-order valence-electron chi connectivity index (χ3n) is 11.4. The molecule has 0 bridgehead atoms. The number of hydrogen-bond donors (Lipinski definition) is 0. The molecular weight excluding hydrogens is 733 g/mol. The lowest BCUT2D eigenvalue weighted by atomic mass is 10.0. The maximum absolute atomic E-state index is 12.8. The zero-order chi connectivity index (χ0) is 43.0. The highest BCUT2D eigenvalue weighted by atomic mass is 16.6. The highest BCUT2D eigenvalue weighted by Crippen LogP contribution is 2.16. The molecule has 0 aromatic carbocycles. The Morgan fingerprint density at radius 3 is 0.864 bits per heavy atom. The summed E-state index contributed by atoms with van der Waals surface area (Å²) in [6.07, 6.45) is 54.4. The molecule has 0 unspecified atom stereocenters. The SMILES string of the molecule is CCCCCC/C=C\CCCCCCCC(=O)OCC(COC(=O)CCCCCCC/C=C\CCCCCC)OC(=O)CCCCCCCCCCCCCCCCC. The van der Waals surface area contributed by atoms with Crippen molar-refractivity contribution in [1.29, 1.82) is 0 Å². The molecule has 0 aliphatic carbocycles. The van der Waals surface area contributed by atoms with Gasteiger partial charge in [0, 0.05) is 19.3 Å². The topological polar surface area (TPSA) is 78.9 Å². The Labute approximate surface area is 366 Å². The van der Waals surface area contributed by atoms with Crippen LogP contribution in [0.25, 0.3) is 0 Å². The molecule has 0 spiro atoms. The monoisotopic (exact) mass is 831 g/mol. The minimum atomic E-state index is -0.772. The second-order valence-electron chi connectivity index (χ2n) is 17.4. The number of carbonyl (C=O) groups is 3. The molecule has 0 saturated heterocycles. The van der Waals surface area contributed by atoms with E-state index < -0.39 is 6.10 Å². The predicted molar refractivity (Wildman–Crippen MR) is 252 cm³/mol. The van der Waals surface area contributed by atoms with Crippen molar-refractivity contribution in [2.45, 2.75) is 284 Å². The van der Waals surface area contributed by atoms with Crippen LogP contribution < -0.4 is 0 Å². The number of rotatable bonds is 47. The second kappa shape index (κ2) is 48.6. The molecule has 6 nitrogen and oxygen atoms in total. The van der Waals surface area contributed by atoms with Gasteiger partial charge >= 0.3 is 17.9 Å². The van der Waals surface area contributed by atoms with Gasteiger partial charge in [0.1, 0.15) is 13.2 Å². The van der Waals surface area contributed by atoms with Gasteiger partial charge in [-0.3, -0.25) is 14.4 Å². The summed E-state index contributed by atoms with van der Waals surface area (Å²) in [7, 11) is 0. The minimum Gasteiger partial charge on any atom is -0.462 e. The summed E-state index contributed by atoms with van der Waals surface area (Å²) >= 11 is 0. The first-order valence-electron chi connectivity index (χ1n) is 25.8. The van der Waals surface area contributed by atoms with E-state index in [-0.39, 0.29) is 31.1 Å². The predicted octanol–water partition coefficient (Wildman–Crippen LogP) is 16.8. The second-order valence-corrected chi connectivity index (χ2v) is 17.4. The number of hydrogen-bond acceptors (Lipinski definition) is 6. The smallest absolute Gasteiger partial charge is 0.306 e. The van der Waals surface area contributed by atoms with Crippen molar-refractivity contribution >= 4 is 17.9 Å². The summed E-state index contributed by atoms with van der Waals surface area (Å²) in [6.45, 7) is 6.62. The van der Waals surface area contributed by atoms with Crippen molar-refractivity contribution in [3.8, 4) is 0 Å². The number of esters is 3. The summed E-state index contributed by atoms with van der Waals surface area (Å²) in [4.78, 5) is 37.9. The zero-order valence-electron chi connectivity index (χ0n) is 39.5. The van der Waals surface area contributed by atoms with Crippen LogP contribution >= 0.6 is 0 Å². The molecule has 6 heteroatoms. The highest BCUT2D eigenvalue weighted by Gasteiger charge is 2.19. The van der Waals surface area contributed by atoms with E-state index in [0.717, 1.165) is 70.6 Å². The van der Waals surface area contributed by atoms with Crippen molar-refractivity contribution in [2.75, 3.05) is 13.2 Å². The van der Waals surface area contributed by atoms with Crippen LogP contribution in [0, 0.1) is 0 Å². The van der Waals surface area contributed by atoms with E-state index in [1.807, 2.05) is 0 Å². The fourth-order valence-electron chi connectivity index (χ4n) is 7.49. The normalized spacial score (nSPS) is 11.7. The van der Waals surface area contributed by atoms with Gasteiger partial charge in [0.05, 0.1) is 0 Å². The summed E-state index contributed by atoms with van der Waals surface area (Å²) < 4.78 is 16.8. The lowest BCUT2D eigenvalue weighted by molar-refractivity contribution is -0.167. The number of unbranched alkanes of at least 4 members (excludes halogenated alkanes) is 32. The standard InChI is InChI=1S/C53H98O6/c1-4-7-10-13-16-19-22-25-26-29-32-35-38-41-44-47-53(56)59-50(48-57-51(54)45-42-39-36-33-30-27-23-20-17-14-11-8-5-2)49-58-52(55)46-43-40-37-34-31-28-24-21-18-15-12-9-6-3/h20-21,23-24,50H,4-19,22,25-49H2,1-3H3/b23-20-,24-21-. The third-order valence-corrected chi connectivity index (χ3v) is 11.4. The van der Waals surface area contributed by atoms with E-state index in [0.29, 0.717) is 19.3 Å². The van der Waals surface area contributed by atoms with E-state index in [2.05, 4.69) is 45.1 Å². The molecule has 0 aliphatic rings. The van der Waals surface area contributed by atoms with E-state index in [1.165, 1.54) is 167 Å². The molecule has 59 heavy (non-hydrogen) atoms. The van der Waals surface area contributed by atoms with Crippen LogP contribution in [0.4, 0.5) is 0 Å². The third kappa shape index (κ3) is 46.8. The van der Waals surface area contributed by atoms with Gasteiger partial charge in [-0.1, -0.05) is 212 Å². The van der Waals surface area contributed by atoms with E-state index in [1.54, 1.807) is 0 Å². The lowest BCUT2D eigenvalue weighted by Gasteiger charge is -2.18. The van der Waals surface area contributed by atoms with Crippen LogP contribution in [0.3, 0.4) is 0 Å². The fourth-order valence-corrected chi connectivity index (χ4v) is 7.49. The largest absolute Gasteiger partial charge is 0.462 e. The van der Waals surface area contributed by atoms with Gasteiger partial charge in [-0.15, -0.1) is 0 Å². The number of allylic oxidation sites excluding steroid dienone is 4. The molecule has 0 aliphatic heterocycles. The van der Waals surface area contributed by atoms with Crippen LogP contribution in [0.15, 0.2) is 24.3 Å². The molecule has 0 saturated carbocycles. The van der Waals surface area contributed by atoms with Crippen molar-refractivity contribution in [3.63, 3.8) is 0 Å². The summed E-state index contributed by atoms with van der Waals surface area (Å²) in [5.74, 6) is -0.879. The van der Waals surface area contributed by atoms with Crippen LogP contribution in [-0.2, 0) is 28.6 Å². The number of ether oxygens (including phenoxy) is 3. The Balaban J connectivity index is 4.36. The molecule has 0 radical (unpaired) electrons. The van der Waals surface area contributed by atoms with Crippen molar-refractivity contribution < 1.29 is 28.6 Å². The molecule has 0 aromatic heterocycles. The maximum atomic E-state index is 12.8. The van der Waals surface area contributed by atoms with E-state index in [9.17, 15) is 14.4 Å². The Kier molecular flexibility index (Phi) is 46.8. The van der Waals surface area contributed by atoms with Crippen LogP contribution in [0.2, 0.25) is 0 Å². The molecule has 346 valence electrons. The Bertz CT molecular complexity index is 906. The first-order chi connectivity index (χ1) is 29.0. The Hall–Kier alpha value is -2.11. The van der Waals surface area contributed by atoms with Gasteiger partial charge < -0.3 is 14.2 Å². The van der Waals surface area contributed by atoms with Crippen molar-refractivity contribution in [1.82, 2.24) is 0 Å². The van der Waals surface area contributed by atoms with Gasteiger partial charge in [-0.25, -0.2) is 0 Å². The summed E-state index contributed by atoms with van der Waals surface area (Å²) in [5.41, 5.74) is 0. The average molecular weight is 831 g/mol. The minimum absolute atomic E-state index is 0.0747. The van der Waals surface area contributed by atoms with Crippen LogP contribution in [-0.4, -0.2) is 37.2 Å². The van der Waals surface area contributed by atoms with Gasteiger partial charge in [0.2, 0.25) is 0 Å². The molecular formula is C53H98O6. The molecule has 0 aromatic rings. The molecule has 0 rings (SSSR count). The zero-order valence-corrected chi connectivity index (χ0v) is 39.5. The fraction of sp³-hybridized carbons (Fsp3) is 0.868. The van der Waals surface area contributed by atoms with E-state index >= 15 is 0 Å². The van der Waals surface area contributed by atoms with Gasteiger partial charge in [0.15, 0.2) is 6.10 Å². The summed E-state index contributed by atoms with van der Waals surface area (Å²) in [5, 5.41) is 0. The first kappa shape index (κ1) is 56.9. The van der Waals surface area contributed by atoms with Gasteiger partial charge in [0.25, 0.3) is 0 Å². The molecule has 0 fully saturated rings. The number of carbonyl (C=O) groups excluding carboxylic acids is 3. The average Bonchev–Trinajstić information content (AvgIpc) is 3.23. The Morgan fingerprint density at radius 1 is 0.322 bits per heavy atom. The highest BCUT2D eigenvalue weighted by molar-refractivity contribution is 5.71. The maximum Gasteiger partial charge on any atom is 0.306 e. The molecule has 0 N–H and O–H groups in total. The van der Waals surface area contributed by atoms with Gasteiger partial charge in [-0.05, 0) is 70.6 Å².